The number of phenols is 2. The molecule has 0 radical (unpaired) electrons. The zero-order valence-electron chi connectivity index (χ0n) is 30.8. The number of hydrogen-bond donors (Lipinski definition) is 5. The van der Waals surface area contributed by atoms with Gasteiger partial charge in [-0.3, -0.25) is 13.9 Å². The highest BCUT2D eigenvalue weighted by Crippen LogP contribution is 2.46. The molecule has 1 amide bonds. The Bertz CT molecular complexity index is 2790. The Labute approximate surface area is 333 Å². The number of aromatic hydroxyl groups is 2. The van der Waals surface area contributed by atoms with Gasteiger partial charge < -0.3 is 15.5 Å². The number of rotatable bonds is 15. The highest BCUT2D eigenvalue weighted by Gasteiger charge is 2.25. The van der Waals surface area contributed by atoms with Gasteiger partial charge in [-0.15, -0.1) is 26.9 Å². The lowest BCUT2D eigenvalue weighted by molar-refractivity contribution is -0.116. The van der Waals surface area contributed by atoms with Crippen molar-refractivity contribution < 1.29 is 49.4 Å². The fraction of sp³-hybridized carbons (Fsp3) is 0.270. The monoisotopic (exact) mass is 859 g/mol. The Morgan fingerprint density at radius 2 is 1.40 bits per heavy atom. The molecule has 0 atom stereocenters. The van der Waals surface area contributed by atoms with Gasteiger partial charge in [0.15, 0.2) is 21.3 Å². The predicted molar refractivity (Wildman–Crippen MR) is 216 cm³/mol. The molecular weight excluding hydrogens is 822 g/mol. The number of aryl methyl sites for hydroxylation is 3. The van der Waals surface area contributed by atoms with Crippen molar-refractivity contribution in [3.63, 3.8) is 0 Å². The molecule has 0 aliphatic rings. The summed E-state index contributed by atoms with van der Waals surface area (Å²) in [4.78, 5) is 11.6. The van der Waals surface area contributed by atoms with E-state index in [9.17, 15) is 49.4 Å². The van der Waals surface area contributed by atoms with E-state index < -0.39 is 57.3 Å². The summed E-state index contributed by atoms with van der Waals surface area (Å²) in [5, 5.41) is 41.5. The van der Waals surface area contributed by atoms with Crippen LogP contribution in [0.2, 0.25) is 0 Å². The van der Waals surface area contributed by atoms with Gasteiger partial charge in [0.1, 0.15) is 22.0 Å². The molecule has 302 valence electrons. The molecule has 20 heteroatoms. The van der Waals surface area contributed by atoms with Crippen LogP contribution >= 0.6 is 11.6 Å². The molecule has 0 unspecified atom stereocenters. The quantitative estimate of drug-likeness (QED) is 0.0378. The maximum Gasteiger partial charge on any atom is 0.297 e. The average Bonchev–Trinajstić information content (AvgIpc) is 3.10. The number of fused-ring (bicyclic) bond motifs is 2. The Morgan fingerprint density at radius 1 is 0.754 bits per heavy atom. The number of hydrogen-bond acceptors (Lipinski definition) is 13. The van der Waals surface area contributed by atoms with Crippen LogP contribution in [0.15, 0.2) is 90.9 Å². The second-order valence-corrected chi connectivity index (χ2v) is 18.6. The highest BCUT2D eigenvalue weighted by atomic mass is 35.5. The van der Waals surface area contributed by atoms with Crippen LogP contribution in [0.25, 0.3) is 21.5 Å². The minimum absolute atomic E-state index is 0.00387. The lowest BCUT2D eigenvalue weighted by atomic mass is 10.0. The van der Waals surface area contributed by atoms with Crippen molar-refractivity contribution >= 4 is 97.6 Å². The molecule has 5 rings (SSSR count). The van der Waals surface area contributed by atoms with Gasteiger partial charge in [0, 0.05) is 28.5 Å². The normalized spacial score (nSPS) is 12.7. The second kappa shape index (κ2) is 17.2. The summed E-state index contributed by atoms with van der Waals surface area (Å²) in [6.45, 7) is 5.09. The summed E-state index contributed by atoms with van der Waals surface area (Å²) in [6.07, 6.45) is 1.47. The molecule has 0 bridgehead atoms. The van der Waals surface area contributed by atoms with Crippen LogP contribution in [0, 0.1) is 13.8 Å². The molecule has 0 aliphatic heterocycles. The number of phenolic OH excluding ortho intramolecular Hbond substituents is 2. The zero-order chi connectivity index (χ0) is 41.9. The van der Waals surface area contributed by atoms with Gasteiger partial charge in [0.05, 0.1) is 27.8 Å². The topological polar surface area (TPSA) is 262 Å². The Morgan fingerprint density at radius 3 is 2.04 bits per heavy atom. The number of alkyl halides is 1. The van der Waals surface area contributed by atoms with Crippen LogP contribution in [0.4, 0.5) is 28.4 Å². The van der Waals surface area contributed by atoms with E-state index in [1.165, 1.54) is 31.2 Å². The van der Waals surface area contributed by atoms with Crippen molar-refractivity contribution in [3.05, 3.63) is 77.4 Å². The third kappa shape index (κ3) is 10.1. The van der Waals surface area contributed by atoms with Gasteiger partial charge in [-0.25, -0.2) is 8.42 Å². The number of amides is 1. The first kappa shape index (κ1) is 43.1. The van der Waals surface area contributed by atoms with Crippen LogP contribution in [0.5, 0.6) is 11.5 Å². The molecule has 0 aliphatic carbocycles. The van der Waals surface area contributed by atoms with Gasteiger partial charge in [-0.1, -0.05) is 25.5 Å². The van der Waals surface area contributed by atoms with Gasteiger partial charge >= 0.3 is 0 Å². The summed E-state index contributed by atoms with van der Waals surface area (Å²) in [6, 6.07) is 14.6. The van der Waals surface area contributed by atoms with Gasteiger partial charge in [0.2, 0.25) is 5.91 Å². The van der Waals surface area contributed by atoms with E-state index in [2.05, 4.69) is 32.7 Å². The van der Waals surface area contributed by atoms with E-state index in [1.807, 2.05) is 12.1 Å². The molecule has 0 aromatic heterocycles. The lowest BCUT2D eigenvalue weighted by Crippen LogP contribution is -2.16. The first-order valence-electron chi connectivity index (χ1n) is 17.3. The molecule has 5 aromatic rings. The van der Waals surface area contributed by atoms with E-state index in [0.29, 0.717) is 11.3 Å². The number of carbonyl (C=O) groups excluding carboxylic acids is 1. The summed E-state index contributed by atoms with van der Waals surface area (Å²) in [7, 11) is -13.4. The fourth-order valence-electron chi connectivity index (χ4n) is 6.12. The summed E-state index contributed by atoms with van der Waals surface area (Å²) < 4.78 is 94.1. The van der Waals surface area contributed by atoms with Crippen LogP contribution in [0.3, 0.4) is 0 Å². The minimum atomic E-state index is -5.04. The molecule has 0 spiro atoms. The number of nitrogens with one attached hydrogen (secondary N) is 1. The highest BCUT2D eigenvalue weighted by molar-refractivity contribution is 7.91. The van der Waals surface area contributed by atoms with Crippen molar-refractivity contribution in [2.24, 2.45) is 20.5 Å². The third-order valence-electron chi connectivity index (χ3n) is 8.81. The number of halogens is 1. The lowest BCUT2D eigenvalue weighted by Gasteiger charge is -2.15. The fourth-order valence-corrected chi connectivity index (χ4v) is 9.21. The number of benzene rings is 5. The molecule has 0 fully saturated rings. The van der Waals surface area contributed by atoms with Crippen molar-refractivity contribution in [3.8, 4) is 11.5 Å². The van der Waals surface area contributed by atoms with Crippen LogP contribution in [-0.2, 0) is 41.3 Å². The Hall–Kier alpha value is -5.05. The standard InChI is InChI=1S/C37H38ClN5O11S3/c1-4-6-23-8-10-25(11-9-23)40-42-33-22(3)18-28-27(35(33)45)12-13-29(37(28)57(52,53)54)41-43-34-21(2)17-24-19-26(56(49,50)51)20-30(32(24)36(34)46)39-31(44)7-5-15-55(47,48)16-14-38/h8-13,17-20,45-46H,4-7,14-16H2,1-3H3,(H,39,44)(H,49,50,51)(H,52,53,54). The van der Waals surface area contributed by atoms with E-state index in [-0.39, 0.29) is 80.1 Å². The van der Waals surface area contributed by atoms with Crippen LogP contribution in [-0.4, -0.2) is 67.9 Å². The molecule has 5 N–H and O–H groups in total. The summed E-state index contributed by atoms with van der Waals surface area (Å²) in [5.41, 5.74) is 1.30. The second-order valence-electron chi connectivity index (χ2n) is 13.1. The van der Waals surface area contributed by atoms with Crippen molar-refractivity contribution in [2.75, 3.05) is 22.7 Å². The van der Waals surface area contributed by atoms with Gasteiger partial charge in [-0.05, 0) is 97.3 Å². The first-order chi connectivity index (χ1) is 26.7. The van der Waals surface area contributed by atoms with Crippen molar-refractivity contribution in [1.29, 1.82) is 0 Å². The smallest absolute Gasteiger partial charge is 0.297 e. The van der Waals surface area contributed by atoms with Crippen molar-refractivity contribution in [2.45, 2.75) is 56.2 Å². The number of sulfone groups is 1. The van der Waals surface area contributed by atoms with Gasteiger partial charge in [0.25, 0.3) is 20.2 Å². The van der Waals surface area contributed by atoms with E-state index in [0.717, 1.165) is 30.5 Å². The SMILES string of the molecule is CCCc1ccc(N=Nc2c(C)cc3c(S(=O)(=O)O)c(N=Nc4c(C)cc5cc(S(=O)(=O)O)cc(NC(=O)CCCS(=O)(=O)CCCl)c5c4O)ccc3c2O)cc1. The van der Waals surface area contributed by atoms with E-state index in [1.54, 1.807) is 19.1 Å². The number of azo groups is 2. The maximum absolute atomic E-state index is 12.9. The molecule has 5 aromatic carbocycles. The number of anilines is 1. The summed E-state index contributed by atoms with van der Waals surface area (Å²) >= 11 is 5.52. The Kier molecular flexibility index (Phi) is 13.0. The van der Waals surface area contributed by atoms with E-state index >= 15 is 0 Å². The van der Waals surface area contributed by atoms with Crippen LogP contribution in [0.1, 0.15) is 42.9 Å². The average molecular weight is 860 g/mol. The maximum atomic E-state index is 12.9. The molecule has 57 heavy (non-hydrogen) atoms. The molecule has 16 nitrogen and oxygen atoms in total. The first-order valence-corrected chi connectivity index (χ1v) is 22.5. The van der Waals surface area contributed by atoms with Crippen LogP contribution < -0.4 is 5.32 Å². The molecule has 0 saturated heterocycles. The predicted octanol–water partition coefficient (Wildman–Crippen LogP) is 8.67. The molecule has 0 saturated carbocycles. The molecular formula is C37H38ClN5O11S3. The third-order valence-corrected chi connectivity index (χ3v) is 12.7. The van der Waals surface area contributed by atoms with Crippen molar-refractivity contribution in [1.82, 2.24) is 0 Å². The molecule has 0 heterocycles. The van der Waals surface area contributed by atoms with E-state index in [4.69, 9.17) is 11.6 Å². The summed E-state index contributed by atoms with van der Waals surface area (Å²) in [5.74, 6) is -2.53. The van der Waals surface area contributed by atoms with Gasteiger partial charge in [-0.2, -0.15) is 21.9 Å². The largest absolute Gasteiger partial charge is 0.505 e. The number of carbonyl (C=O) groups is 1. The Balaban J connectivity index is 1.56. The minimum Gasteiger partial charge on any atom is -0.505 e. The zero-order valence-corrected chi connectivity index (χ0v) is 34.0. The number of nitrogens with zero attached hydrogens (tertiary/aromatic N) is 4.